The van der Waals surface area contributed by atoms with E-state index in [1.165, 1.54) is 25.9 Å². The lowest BCUT2D eigenvalue weighted by Gasteiger charge is -2.15. The highest BCUT2D eigenvalue weighted by atomic mass is 16.1. The van der Waals surface area contributed by atoms with Crippen LogP contribution in [0.25, 0.3) is 0 Å². The summed E-state index contributed by atoms with van der Waals surface area (Å²) in [6.45, 7) is 6.45. The number of nitrogens with two attached hydrogens (primary N) is 1. The van der Waals surface area contributed by atoms with Crippen molar-refractivity contribution < 1.29 is 4.79 Å². The highest BCUT2D eigenvalue weighted by molar-refractivity contribution is 5.76. The van der Waals surface area contributed by atoms with E-state index < -0.39 is 0 Å². The third-order valence-electron chi connectivity index (χ3n) is 3.28. The van der Waals surface area contributed by atoms with Crippen LogP contribution in [0.5, 0.6) is 0 Å². The Hall–Kier alpha value is -0.610. The minimum Gasteiger partial charge on any atom is -0.356 e. The van der Waals surface area contributed by atoms with Crippen molar-refractivity contribution in [3.63, 3.8) is 0 Å². The molecule has 1 fully saturated rings. The molecular formula is C13H27N3O. The largest absolute Gasteiger partial charge is 0.356 e. The molecule has 1 aliphatic heterocycles. The van der Waals surface area contributed by atoms with Crippen LogP contribution in [0.2, 0.25) is 0 Å². The molecular weight excluding hydrogens is 214 g/mol. The second kappa shape index (κ2) is 8.48. The van der Waals surface area contributed by atoms with Gasteiger partial charge in [0, 0.05) is 19.0 Å². The zero-order valence-electron chi connectivity index (χ0n) is 11.1. The Morgan fingerprint density at radius 2 is 2.12 bits per heavy atom. The summed E-state index contributed by atoms with van der Waals surface area (Å²) in [4.78, 5) is 14.0. The predicted molar refractivity (Wildman–Crippen MR) is 70.8 cm³/mol. The van der Waals surface area contributed by atoms with Crippen molar-refractivity contribution in [3.8, 4) is 0 Å². The quantitative estimate of drug-likeness (QED) is 0.626. The van der Waals surface area contributed by atoms with Gasteiger partial charge in [-0.15, -0.1) is 0 Å². The molecule has 4 nitrogen and oxygen atoms in total. The zero-order chi connectivity index (χ0) is 12.5. The van der Waals surface area contributed by atoms with Gasteiger partial charge in [-0.25, -0.2) is 0 Å². The predicted octanol–water partition coefficient (Wildman–Crippen LogP) is 1.11. The van der Waals surface area contributed by atoms with Gasteiger partial charge in [0.05, 0.1) is 0 Å². The summed E-state index contributed by atoms with van der Waals surface area (Å²) in [5.74, 6) is 0.104. The van der Waals surface area contributed by atoms with E-state index in [0.717, 1.165) is 32.4 Å². The maximum absolute atomic E-state index is 11.5. The molecule has 100 valence electrons. The number of nitrogens with one attached hydrogen (secondary N) is 1. The smallest absolute Gasteiger partial charge is 0.221 e. The van der Waals surface area contributed by atoms with E-state index in [9.17, 15) is 4.79 Å². The maximum Gasteiger partial charge on any atom is 0.221 e. The van der Waals surface area contributed by atoms with Crippen LogP contribution in [-0.4, -0.2) is 43.0 Å². The molecule has 1 amide bonds. The zero-order valence-corrected chi connectivity index (χ0v) is 11.1. The van der Waals surface area contributed by atoms with E-state index in [1.54, 1.807) is 0 Å². The number of likely N-dealkylation sites (tertiary alicyclic amines) is 1. The van der Waals surface area contributed by atoms with Crippen molar-refractivity contribution in [2.45, 2.75) is 51.5 Å². The molecule has 0 aromatic carbocycles. The fraction of sp³-hybridized carbons (Fsp3) is 0.923. The molecule has 1 atom stereocenters. The third kappa shape index (κ3) is 6.64. The molecule has 0 radical (unpaired) electrons. The summed E-state index contributed by atoms with van der Waals surface area (Å²) < 4.78 is 0. The molecule has 17 heavy (non-hydrogen) atoms. The van der Waals surface area contributed by atoms with Gasteiger partial charge >= 0.3 is 0 Å². The average Bonchev–Trinajstić information content (AvgIpc) is 2.77. The summed E-state index contributed by atoms with van der Waals surface area (Å²) in [5.41, 5.74) is 5.82. The fourth-order valence-electron chi connectivity index (χ4n) is 2.32. The van der Waals surface area contributed by atoms with Gasteiger partial charge in [-0.3, -0.25) is 4.79 Å². The molecule has 1 aliphatic rings. The Kier molecular flexibility index (Phi) is 7.21. The molecule has 1 heterocycles. The molecule has 4 heteroatoms. The Bertz CT molecular complexity index is 215. The van der Waals surface area contributed by atoms with Crippen LogP contribution in [0.15, 0.2) is 0 Å². The Morgan fingerprint density at radius 3 is 2.76 bits per heavy atom. The van der Waals surface area contributed by atoms with Crippen LogP contribution in [0.3, 0.4) is 0 Å². The second-order valence-corrected chi connectivity index (χ2v) is 5.01. The minimum atomic E-state index is 0.0265. The molecule has 3 N–H and O–H groups in total. The van der Waals surface area contributed by atoms with Gasteiger partial charge in [-0.1, -0.05) is 13.3 Å². The first-order chi connectivity index (χ1) is 8.22. The summed E-state index contributed by atoms with van der Waals surface area (Å²) in [6.07, 6.45) is 6.16. The van der Waals surface area contributed by atoms with Crippen LogP contribution in [-0.2, 0) is 4.79 Å². The highest BCUT2D eigenvalue weighted by Crippen LogP contribution is 2.06. The first kappa shape index (κ1) is 14.5. The van der Waals surface area contributed by atoms with Crippen molar-refractivity contribution in [1.29, 1.82) is 0 Å². The van der Waals surface area contributed by atoms with Gasteiger partial charge in [-0.05, 0) is 45.3 Å². The summed E-state index contributed by atoms with van der Waals surface area (Å²) >= 11 is 0. The fourth-order valence-corrected chi connectivity index (χ4v) is 2.32. The van der Waals surface area contributed by atoms with Gasteiger partial charge in [0.2, 0.25) is 5.91 Å². The van der Waals surface area contributed by atoms with Crippen LogP contribution in [0, 0.1) is 0 Å². The van der Waals surface area contributed by atoms with E-state index in [2.05, 4.69) is 17.1 Å². The average molecular weight is 241 g/mol. The van der Waals surface area contributed by atoms with E-state index in [1.807, 2.05) is 0 Å². The van der Waals surface area contributed by atoms with Gasteiger partial charge < -0.3 is 16.0 Å². The van der Waals surface area contributed by atoms with E-state index in [0.29, 0.717) is 6.42 Å². The third-order valence-corrected chi connectivity index (χ3v) is 3.28. The monoisotopic (exact) mass is 241 g/mol. The first-order valence-corrected chi connectivity index (χ1v) is 6.97. The molecule has 0 aliphatic carbocycles. The Balaban J connectivity index is 1.95. The maximum atomic E-state index is 11.5. The topological polar surface area (TPSA) is 58.4 Å². The molecule has 1 unspecified atom stereocenters. The first-order valence-electron chi connectivity index (χ1n) is 6.97. The number of rotatable bonds is 8. The summed E-state index contributed by atoms with van der Waals surface area (Å²) in [5, 5.41) is 2.95. The van der Waals surface area contributed by atoms with Crippen LogP contribution < -0.4 is 11.1 Å². The number of nitrogens with zero attached hydrogens (tertiary/aromatic N) is 1. The van der Waals surface area contributed by atoms with Crippen molar-refractivity contribution >= 4 is 5.91 Å². The Labute approximate surface area is 105 Å². The molecule has 1 saturated heterocycles. The molecule has 0 bridgehead atoms. The van der Waals surface area contributed by atoms with Crippen molar-refractivity contribution in [2.75, 3.05) is 26.2 Å². The number of hydrogen-bond acceptors (Lipinski definition) is 3. The van der Waals surface area contributed by atoms with Gasteiger partial charge in [0.15, 0.2) is 0 Å². The lowest BCUT2D eigenvalue weighted by atomic mass is 10.1. The summed E-state index contributed by atoms with van der Waals surface area (Å²) in [6, 6.07) is 0.0265. The highest BCUT2D eigenvalue weighted by Gasteiger charge is 2.11. The van der Waals surface area contributed by atoms with Crippen molar-refractivity contribution in [2.24, 2.45) is 5.73 Å². The van der Waals surface area contributed by atoms with E-state index in [4.69, 9.17) is 5.73 Å². The Morgan fingerprint density at radius 1 is 1.41 bits per heavy atom. The second-order valence-electron chi connectivity index (χ2n) is 5.01. The SMILES string of the molecule is CCCC(N)CC(=O)NCCCN1CCCC1. The molecule has 0 aromatic rings. The molecule has 0 spiro atoms. The summed E-state index contributed by atoms with van der Waals surface area (Å²) in [7, 11) is 0. The minimum absolute atomic E-state index is 0.0265. The standard InChI is InChI=1S/C13H27N3O/c1-2-6-12(14)11-13(17)15-7-5-10-16-8-3-4-9-16/h12H,2-11,14H2,1H3,(H,15,17). The van der Waals surface area contributed by atoms with Gasteiger partial charge in [0.25, 0.3) is 0 Å². The number of carbonyl (C=O) groups excluding carboxylic acids is 1. The molecule has 0 aromatic heterocycles. The normalized spacial score (nSPS) is 18.2. The molecule has 0 saturated carbocycles. The van der Waals surface area contributed by atoms with Crippen molar-refractivity contribution in [3.05, 3.63) is 0 Å². The van der Waals surface area contributed by atoms with E-state index in [-0.39, 0.29) is 11.9 Å². The molecule has 1 rings (SSSR count). The lowest BCUT2D eigenvalue weighted by molar-refractivity contribution is -0.121. The van der Waals surface area contributed by atoms with E-state index >= 15 is 0 Å². The number of carbonyl (C=O) groups is 1. The lowest BCUT2D eigenvalue weighted by Crippen LogP contribution is -2.33. The van der Waals surface area contributed by atoms with Gasteiger partial charge in [-0.2, -0.15) is 0 Å². The number of hydrogen-bond donors (Lipinski definition) is 2. The van der Waals surface area contributed by atoms with Gasteiger partial charge in [0.1, 0.15) is 0 Å². The van der Waals surface area contributed by atoms with Crippen LogP contribution in [0.4, 0.5) is 0 Å². The number of amides is 1. The van der Waals surface area contributed by atoms with Crippen LogP contribution in [0.1, 0.15) is 45.4 Å². The van der Waals surface area contributed by atoms with Crippen LogP contribution >= 0.6 is 0 Å². The van der Waals surface area contributed by atoms with Crippen molar-refractivity contribution in [1.82, 2.24) is 10.2 Å².